The van der Waals surface area contributed by atoms with Gasteiger partial charge in [0.2, 0.25) is 0 Å². The number of amides is 3. The molecule has 0 aliphatic carbocycles. The van der Waals surface area contributed by atoms with Crippen LogP contribution in [0.4, 0.5) is 5.69 Å². The maximum absolute atomic E-state index is 12.4. The zero-order valence-corrected chi connectivity index (χ0v) is 20.9. The van der Waals surface area contributed by atoms with E-state index in [1.165, 1.54) is 0 Å². The first-order valence-corrected chi connectivity index (χ1v) is 11.4. The monoisotopic (exact) mass is 488 g/mol. The molecule has 3 aromatic carbocycles. The normalized spacial score (nSPS) is 10.7. The third kappa shape index (κ3) is 6.97. The standard InChI is InChI=1S/C27H28N4O3S/c1-17-7-5-6-8-22(17)25(34)28-21-15-11-19(12-16-21)24(33)30-31-26(35)29-23(32)18-9-13-20(14-10-18)27(2,3)4/h5-16H,1-4H3,(H,28,34)(H,30,33)(H2,29,31,32,35). The number of benzene rings is 3. The fourth-order valence-electron chi connectivity index (χ4n) is 3.24. The first-order chi connectivity index (χ1) is 16.5. The number of hydrogen-bond donors (Lipinski definition) is 4. The quantitative estimate of drug-likeness (QED) is 0.320. The van der Waals surface area contributed by atoms with Crippen LogP contribution in [0.2, 0.25) is 0 Å². The topological polar surface area (TPSA) is 99.3 Å². The molecule has 4 N–H and O–H groups in total. The SMILES string of the molecule is Cc1ccccc1C(=O)Nc1ccc(C(=O)NNC(=S)NC(=O)c2ccc(C(C)(C)C)cc2)cc1. The molecule has 0 radical (unpaired) electrons. The van der Waals surface area contributed by atoms with Crippen LogP contribution >= 0.6 is 12.2 Å². The molecule has 3 amide bonds. The number of rotatable bonds is 4. The Morgan fingerprint density at radius 2 is 1.29 bits per heavy atom. The summed E-state index contributed by atoms with van der Waals surface area (Å²) < 4.78 is 0. The van der Waals surface area contributed by atoms with Crippen LogP contribution in [0.25, 0.3) is 0 Å². The van der Waals surface area contributed by atoms with Gasteiger partial charge in [-0.3, -0.25) is 30.6 Å². The highest BCUT2D eigenvalue weighted by atomic mass is 32.1. The lowest BCUT2D eigenvalue weighted by molar-refractivity contribution is 0.0934. The number of anilines is 1. The van der Waals surface area contributed by atoms with Crippen molar-refractivity contribution in [3.8, 4) is 0 Å². The molecule has 0 unspecified atom stereocenters. The average Bonchev–Trinajstić information content (AvgIpc) is 2.82. The van der Waals surface area contributed by atoms with E-state index < -0.39 is 5.91 Å². The highest BCUT2D eigenvalue weighted by Gasteiger charge is 2.15. The van der Waals surface area contributed by atoms with Gasteiger partial charge in [-0.15, -0.1) is 0 Å². The van der Waals surface area contributed by atoms with Crippen LogP contribution in [0, 0.1) is 6.92 Å². The molecule has 0 saturated carbocycles. The molecule has 0 fully saturated rings. The van der Waals surface area contributed by atoms with Gasteiger partial charge in [-0.25, -0.2) is 0 Å². The van der Waals surface area contributed by atoms with E-state index in [2.05, 4.69) is 42.3 Å². The molecular formula is C27H28N4O3S. The molecule has 3 aromatic rings. The smallest absolute Gasteiger partial charge is 0.269 e. The van der Waals surface area contributed by atoms with Gasteiger partial charge in [0, 0.05) is 22.4 Å². The second kappa shape index (κ2) is 10.9. The van der Waals surface area contributed by atoms with Gasteiger partial charge in [0.05, 0.1) is 0 Å². The summed E-state index contributed by atoms with van der Waals surface area (Å²) in [6, 6.07) is 21.0. The summed E-state index contributed by atoms with van der Waals surface area (Å²) in [7, 11) is 0. The lowest BCUT2D eigenvalue weighted by Crippen LogP contribution is -2.48. The van der Waals surface area contributed by atoms with Crippen molar-refractivity contribution < 1.29 is 14.4 Å². The molecule has 0 atom stereocenters. The van der Waals surface area contributed by atoms with E-state index in [1.807, 2.05) is 31.2 Å². The van der Waals surface area contributed by atoms with Crippen molar-refractivity contribution in [3.05, 3.63) is 101 Å². The van der Waals surface area contributed by atoms with Crippen molar-refractivity contribution in [2.45, 2.75) is 33.1 Å². The van der Waals surface area contributed by atoms with E-state index in [1.54, 1.807) is 48.5 Å². The first kappa shape index (κ1) is 25.6. The minimum atomic E-state index is -0.451. The number of carbonyl (C=O) groups excluding carboxylic acids is 3. The largest absolute Gasteiger partial charge is 0.322 e. The van der Waals surface area contributed by atoms with Crippen LogP contribution in [0.3, 0.4) is 0 Å². The van der Waals surface area contributed by atoms with E-state index in [4.69, 9.17) is 12.2 Å². The van der Waals surface area contributed by atoms with E-state index in [0.717, 1.165) is 11.1 Å². The molecule has 0 saturated heterocycles. The summed E-state index contributed by atoms with van der Waals surface area (Å²) in [6.45, 7) is 8.15. The van der Waals surface area contributed by atoms with Gasteiger partial charge in [-0.2, -0.15) is 0 Å². The van der Waals surface area contributed by atoms with Crippen LogP contribution in [0.5, 0.6) is 0 Å². The minimum absolute atomic E-state index is 0.0130. The molecule has 0 heterocycles. The van der Waals surface area contributed by atoms with Gasteiger partial charge in [-0.1, -0.05) is 51.1 Å². The van der Waals surface area contributed by atoms with Gasteiger partial charge in [0.1, 0.15) is 0 Å². The predicted molar refractivity (Wildman–Crippen MR) is 141 cm³/mol. The van der Waals surface area contributed by atoms with Crippen LogP contribution in [-0.2, 0) is 5.41 Å². The number of carbonyl (C=O) groups is 3. The Balaban J connectivity index is 1.50. The Labute approximate surface area is 210 Å². The third-order valence-electron chi connectivity index (χ3n) is 5.32. The molecule has 180 valence electrons. The fourth-order valence-corrected chi connectivity index (χ4v) is 3.39. The molecule has 35 heavy (non-hydrogen) atoms. The van der Waals surface area contributed by atoms with Crippen LogP contribution in [0.1, 0.15) is 63.0 Å². The zero-order valence-electron chi connectivity index (χ0n) is 20.1. The molecule has 7 nitrogen and oxygen atoms in total. The molecule has 3 rings (SSSR count). The van der Waals surface area contributed by atoms with Crippen molar-refractivity contribution in [2.75, 3.05) is 5.32 Å². The highest BCUT2D eigenvalue weighted by molar-refractivity contribution is 7.80. The van der Waals surface area contributed by atoms with Gasteiger partial charge in [-0.05, 0) is 78.1 Å². The number of hydrogen-bond acceptors (Lipinski definition) is 4. The van der Waals surface area contributed by atoms with Crippen LogP contribution in [-0.4, -0.2) is 22.8 Å². The van der Waals surface area contributed by atoms with Gasteiger partial charge in [0.15, 0.2) is 5.11 Å². The number of thiocarbonyl (C=S) groups is 1. The Kier molecular flexibility index (Phi) is 7.98. The van der Waals surface area contributed by atoms with Crippen LogP contribution < -0.4 is 21.5 Å². The fraction of sp³-hybridized carbons (Fsp3) is 0.185. The Morgan fingerprint density at radius 1 is 0.714 bits per heavy atom. The number of hydrazine groups is 1. The van der Waals surface area contributed by atoms with E-state index in [-0.39, 0.29) is 22.3 Å². The molecule has 0 aliphatic heterocycles. The van der Waals surface area contributed by atoms with Crippen molar-refractivity contribution in [1.82, 2.24) is 16.2 Å². The van der Waals surface area contributed by atoms with Crippen molar-refractivity contribution in [2.24, 2.45) is 0 Å². The Morgan fingerprint density at radius 3 is 1.89 bits per heavy atom. The lowest BCUT2D eigenvalue weighted by atomic mass is 9.87. The van der Waals surface area contributed by atoms with Gasteiger partial charge < -0.3 is 5.32 Å². The average molecular weight is 489 g/mol. The summed E-state index contributed by atoms with van der Waals surface area (Å²) in [5.74, 6) is -1.06. The van der Waals surface area contributed by atoms with E-state index >= 15 is 0 Å². The Hall–Kier alpha value is -4.04. The maximum atomic E-state index is 12.4. The summed E-state index contributed by atoms with van der Waals surface area (Å²) in [6.07, 6.45) is 0. The third-order valence-corrected chi connectivity index (χ3v) is 5.53. The Bertz CT molecular complexity index is 1250. The first-order valence-electron chi connectivity index (χ1n) is 11.0. The summed E-state index contributed by atoms with van der Waals surface area (Å²) in [5.41, 5.74) is 8.88. The predicted octanol–water partition coefficient (Wildman–Crippen LogP) is 4.49. The van der Waals surface area contributed by atoms with E-state index in [0.29, 0.717) is 22.4 Å². The zero-order chi connectivity index (χ0) is 25.6. The number of nitrogens with one attached hydrogen (secondary N) is 4. The molecule has 0 aromatic heterocycles. The molecule has 0 bridgehead atoms. The summed E-state index contributed by atoms with van der Waals surface area (Å²) in [5, 5.41) is 5.30. The van der Waals surface area contributed by atoms with E-state index in [9.17, 15) is 14.4 Å². The highest BCUT2D eigenvalue weighted by Crippen LogP contribution is 2.22. The molecule has 0 spiro atoms. The molecule has 8 heteroatoms. The van der Waals surface area contributed by atoms with Crippen molar-refractivity contribution in [3.63, 3.8) is 0 Å². The second-order valence-corrected chi connectivity index (χ2v) is 9.44. The van der Waals surface area contributed by atoms with Gasteiger partial charge in [0.25, 0.3) is 17.7 Å². The summed E-state index contributed by atoms with van der Waals surface area (Å²) >= 11 is 5.10. The van der Waals surface area contributed by atoms with Crippen molar-refractivity contribution in [1.29, 1.82) is 0 Å². The molecular weight excluding hydrogens is 460 g/mol. The van der Waals surface area contributed by atoms with Crippen LogP contribution in [0.15, 0.2) is 72.8 Å². The lowest BCUT2D eigenvalue weighted by Gasteiger charge is -2.19. The van der Waals surface area contributed by atoms with Gasteiger partial charge >= 0.3 is 0 Å². The van der Waals surface area contributed by atoms with Crippen molar-refractivity contribution >= 4 is 40.7 Å². The maximum Gasteiger partial charge on any atom is 0.269 e. The number of aryl methyl sites for hydroxylation is 1. The molecule has 0 aliphatic rings. The summed E-state index contributed by atoms with van der Waals surface area (Å²) in [4.78, 5) is 37.2. The minimum Gasteiger partial charge on any atom is -0.322 e. The second-order valence-electron chi connectivity index (χ2n) is 9.04.